The first-order chi connectivity index (χ1) is 15.2. The molecule has 0 fully saturated rings. The quantitative estimate of drug-likeness (QED) is 0.407. The smallest absolute Gasteiger partial charge is 0.128 e. The molecule has 1 aromatic heterocycles. The highest BCUT2D eigenvalue weighted by Crippen LogP contribution is 2.21. The number of benzene rings is 3. The molecule has 4 nitrogen and oxygen atoms in total. The van der Waals surface area contributed by atoms with E-state index in [1.54, 1.807) is 16.9 Å². The predicted octanol–water partition coefficient (Wildman–Crippen LogP) is 5.24. The number of hydrogen-bond donors (Lipinski definition) is 1. The van der Waals surface area contributed by atoms with E-state index in [1.165, 1.54) is 11.6 Å². The number of hydrogen-bond acceptors (Lipinski definition) is 3. The zero-order chi connectivity index (χ0) is 21.5. The van der Waals surface area contributed by atoms with Gasteiger partial charge in [0.2, 0.25) is 0 Å². The normalized spacial score (nSPS) is 12.1. The molecule has 0 aliphatic rings. The third-order valence-corrected chi connectivity index (χ3v) is 5.37. The van der Waals surface area contributed by atoms with Crippen molar-refractivity contribution >= 4 is 0 Å². The van der Waals surface area contributed by atoms with Crippen LogP contribution in [0.4, 0.5) is 4.39 Å². The zero-order valence-corrected chi connectivity index (χ0v) is 17.7. The van der Waals surface area contributed by atoms with Crippen LogP contribution in [0.1, 0.15) is 30.2 Å². The van der Waals surface area contributed by atoms with Crippen LogP contribution < -0.4 is 5.32 Å². The SMILES string of the molecule is C[C@H](CCc1ccccc1)NCc1nn(Cc2ccccc2F)nc1-c1ccccc1. The molecule has 5 heteroatoms. The van der Waals surface area contributed by atoms with Crippen LogP contribution in [0.25, 0.3) is 11.3 Å². The third-order valence-electron chi connectivity index (χ3n) is 5.37. The fraction of sp³-hybridized carbons (Fsp3) is 0.231. The Bertz CT molecular complexity index is 1090. The summed E-state index contributed by atoms with van der Waals surface area (Å²) < 4.78 is 14.1. The van der Waals surface area contributed by atoms with Crippen LogP contribution in [0, 0.1) is 5.82 Å². The molecule has 158 valence electrons. The number of halogens is 1. The molecule has 3 aromatic carbocycles. The van der Waals surface area contributed by atoms with E-state index >= 15 is 0 Å². The van der Waals surface area contributed by atoms with E-state index in [9.17, 15) is 4.39 Å². The van der Waals surface area contributed by atoms with Gasteiger partial charge in [0, 0.05) is 23.7 Å². The monoisotopic (exact) mass is 414 g/mol. The number of rotatable bonds is 9. The van der Waals surface area contributed by atoms with Crippen molar-refractivity contribution in [3.8, 4) is 11.3 Å². The molecule has 0 unspecified atom stereocenters. The van der Waals surface area contributed by atoms with Crippen LogP contribution >= 0.6 is 0 Å². The molecule has 0 amide bonds. The fourth-order valence-electron chi connectivity index (χ4n) is 3.57. The summed E-state index contributed by atoms with van der Waals surface area (Å²) in [5, 5.41) is 13.0. The average Bonchev–Trinajstić information content (AvgIpc) is 3.22. The molecule has 4 aromatic rings. The molecule has 4 rings (SSSR count). The number of nitrogens with zero attached hydrogens (tertiary/aromatic N) is 3. The van der Waals surface area contributed by atoms with Crippen LogP contribution in [0.2, 0.25) is 0 Å². The fourth-order valence-corrected chi connectivity index (χ4v) is 3.57. The summed E-state index contributed by atoms with van der Waals surface area (Å²) in [6, 6.07) is 27.6. The first-order valence-electron chi connectivity index (χ1n) is 10.7. The van der Waals surface area contributed by atoms with Gasteiger partial charge in [-0.1, -0.05) is 78.9 Å². The molecule has 0 aliphatic carbocycles. The molecule has 31 heavy (non-hydrogen) atoms. The maximum Gasteiger partial charge on any atom is 0.128 e. The van der Waals surface area contributed by atoms with Crippen LogP contribution in [0.3, 0.4) is 0 Å². The Morgan fingerprint density at radius 3 is 2.29 bits per heavy atom. The van der Waals surface area contributed by atoms with Gasteiger partial charge >= 0.3 is 0 Å². The minimum atomic E-state index is -0.240. The highest BCUT2D eigenvalue weighted by Gasteiger charge is 2.15. The minimum Gasteiger partial charge on any atom is -0.309 e. The van der Waals surface area contributed by atoms with Crippen LogP contribution in [0.15, 0.2) is 84.9 Å². The Balaban J connectivity index is 1.47. The second kappa shape index (κ2) is 10.1. The van der Waals surface area contributed by atoms with Crippen molar-refractivity contribution in [3.05, 3.63) is 108 Å². The van der Waals surface area contributed by atoms with Gasteiger partial charge in [-0.15, -0.1) is 0 Å². The highest BCUT2D eigenvalue weighted by atomic mass is 19.1. The molecule has 0 saturated heterocycles. The van der Waals surface area contributed by atoms with E-state index in [-0.39, 0.29) is 5.82 Å². The van der Waals surface area contributed by atoms with Gasteiger partial charge in [-0.2, -0.15) is 15.0 Å². The van der Waals surface area contributed by atoms with E-state index in [1.807, 2.05) is 42.5 Å². The van der Waals surface area contributed by atoms with Crippen LogP contribution in [-0.2, 0) is 19.5 Å². The van der Waals surface area contributed by atoms with Crippen molar-refractivity contribution < 1.29 is 4.39 Å². The lowest BCUT2D eigenvalue weighted by atomic mass is 10.1. The van der Waals surface area contributed by atoms with E-state index in [4.69, 9.17) is 0 Å². The van der Waals surface area contributed by atoms with Crippen molar-refractivity contribution in [3.63, 3.8) is 0 Å². The van der Waals surface area contributed by atoms with Gasteiger partial charge < -0.3 is 5.32 Å². The Hall–Kier alpha value is -3.31. The van der Waals surface area contributed by atoms with E-state index in [0.717, 1.165) is 29.8 Å². The molecule has 1 atom stereocenters. The summed E-state index contributed by atoms with van der Waals surface area (Å²) in [4.78, 5) is 1.59. The zero-order valence-electron chi connectivity index (χ0n) is 17.7. The summed E-state index contributed by atoms with van der Waals surface area (Å²) >= 11 is 0. The van der Waals surface area contributed by atoms with Gasteiger partial charge in [-0.3, -0.25) is 0 Å². The summed E-state index contributed by atoms with van der Waals surface area (Å²) in [7, 11) is 0. The predicted molar refractivity (Wildman–Crippen MR) is 122 cm³/mol. The Morgan fingerprint density at radius 1 is 0.871 bits per heavy atom. The van der Waals surface area contributed by atoms with Gasteiger partial charge in [0.15, 0.2) is 0 Å². The molecular formula is C26H27FN4. The highest BCUT2D eigenvalue weighted by molar-refractivity contribution is 5.60. The summed E-state index contributed by atoms with van der Waals surface area (Å²) in [5.74, 6) is -0.240. The Labute approximate surface area is 182 Å². The molecule has 1 N–H and O–H groups in total. The lowest BCUT2D eigenvalue weighted by Gasteiger charge is -2.13. The van der Waals surface area contributed by atoms with Crippen molar-refractivity contribution in [2.45, 2.75) is 38.9 Å². The van der Waals surface area contributed by atoms with Crippen LogP contribution in [-0.4, -0.2) is 21.0 Å². The second-order valence-corrected chi connectivity index (χ2v) is 7.79. The third kappa shape index (κ3) is 5.64. The molecule has 0 radical (unpaired) electrons. The molecule has 0 saturated carbocycles. The number of nitrogens with one attached hydrogen (secondary N) is 1. The Kier molecular flexibility index (Phi) is 6.85. The van der Waals surface area contributed by atoms with Gasteiger partial charge in [0.25, 0.3) is 0 Å². The minimum absolute atomic E-state index is 0.240. The largest absolute Gasteiger partial charge is 0.309 e. The maximum absolute atomic E-state index is 14.1. The van der Waals surface area contributed by atoms with E-state index in [2.05, 4.69) is 46.7 Å². The standard InChI is InChI=1S/C26H27FN4/c1-20(16-17-21-10-4-2-5-11-21)28-18-25-26(22-12-6-3-7-13-22)30-31(29-25)19-23-14-8-9-15-24(23)27/h2-15,20,28H,16-19H2,1H3/t20-/m1/s1. The molecule has 0 spiro atoms. The Morgan fingerprint density at radius 2 is 1.55 bits per heavy atom. The topological polar surface area (TPSA) is 42.7 Å². The first kappa shape index (κ1) is 20.9. The van der Waals surface area contributed by atoms with Crippen LogP contribution in [0.5, 0.6) is 0 Å². The summed E-state index contributed by atoms with van der Waals surface area (Å²) in [5.41, 5.74) is 4.63. The van der Waals surface area contributed by atoms with E-state index in [0.29, 0.717) is 24.7 Å². The van der Waals surface area contributed by atoms with Gasteiger partial charge in [0.05, 0.1) is 6.54 Å². The van der Waals surface area contributed by atoms with Crippen molar-refractivity contribution in [2.75, 3.05) is 0 Å². The van der Waals surface area contributed by atoms with Gasteiger partial charge in [0.1, 0.15) is 17.2 Å². The average molecular weight is 415 g/mol. The number of aromatic nitrogens is 3. The molecule has 0 aliphatic heterocycles. The molecule has 0 bridgehead atoms. The summed E-state index contributed by atoms with van der Waals surface area (Å²) in [6.45, 7) is 3.10. The van der Waals surface area contributed by atoms with Crippen molar-refractivity contribution in [1.82, 2.24) is 20.3 Å². The van der Waals surface area contributed by atoms with Gasteiger partial charge in [-0.25, -0.2) is 4.39 Å². The molecule has 1 heterocycles. The lowest BCUT2D eigenvalue weighted by molar-refractivity contribution is 0.501. The van der Waals surface area contributed by atoms with Crippen molar-refractivity contribution in [2.24, 2.45) is 0 Å². The maximum atomic E-state index is 14.1. The molecular weight excluding hydrogens is 387 g/mol. The van der Waals surface area contributed by atoms with E-state index < -0.39 is 0 Å². The number of aryl methyl sites for hydroxylation is 1. The van der Waals surface area contributed by atoms with Gasteiger partial charge in [-0.05, 0) is 31.4 Å². The summed E-state index contributed by atoms with van der Waals surface area (Å²) in [6.07, 6.45) is 2.06. The van der Waals surface area contributed by atoms with Crippen molar-refractivity contribution in [1.29, 1.82) is 0 Å². The lowest BCUT2D eigenvalue weighted by Crippen LogP contribution is -2.26. The second-order valence-electron chi connectivity index (χ2n) is 7.79. The first-order valence-corrected chi connectivity index (χ1v) is 10.7.